The van der Waals surface area contributed by atoms with Crippen LogP contribution in [0.3, 0.4) is 0 Å². The van der Waals surface area contributed by atoms with Gasteiger partial charge in [-0.1, -0.05) is 24.3 Å². The van der Waals surface area contributed by atoms with E-state index in [9.17, 15) is 0 Å². The maximum atomic E-state index is 5.87. The summed E-state index contributed by atoms with van der Waals surface area (Å²) < 4.78 is 11.3. The maximum absolute atomic E-state index is 5.87. The molecule has 0 bridgehead atoms. The van der Waals surface area contributed by atoms with Crippen LogP contribution in [0.1, 0.15) is 11.1 Å². The van der Waals surface area contributed by atoms with Gasteiger partial charge in [0.15, 0.2) is 0 Å². The summed E-state index contributed by atoms with van der Waals surface area (Å²) in [5.41, 5.74) is 8.70. The Hall–Kier alpha value is -2.16. The molecule has 2 aromatic carbocycles. The molecule has 0 unspecified atom stereocenters. The average molecular weight is 257 g/mol. The molecule has 19 heavy (non-hydrogen) atoms. The first-order valence-electron chi connectivity index (χ1n) is 6.35. The fraction of sp³-hybridized carbons (Fsp3) is 0.250. The molecule has 0 aromatic heterocycles. The minimum atomic E-state index is 0.500. The number of rotatable bonds is 5. The number of para-hydroxylation sites is 1. The Labute approximate surface area is 114 Å². The summed E-state index contributed by atoms with van der Waals surface area (Å²) >= 11 is 0. The zero-order chi connectivity index (χ0) is 13.7. The van der Waals surface area contributed by atoms with E-state index in [0.717, 1.165) is 28.3 Å². The molecule has 0 atom stereocenters. The van der Waals surface area contributed by atoms with Gasteiger partial charge in [0.1, 0.15) is 24.7 Å². The van der Waals surface area contributed by atoms with Gasteiger partial charge in [-0.2, -0.15) is 0 Å². The summed E-state index contributed by atoms with van der Waals surface area (Å²) in [6.07, 6.45) is 0. The quantitative estimate of drug-likeness (QED) is 0.660. The Morgan fingerprint density at radius 3 is 2.32 bits per heavy atom. The summed E-state index contributed by atoms with van der Waals surface area (Å²) in [5, 5.41) is 0. The third-order valence-corrected chi connectivity index (χ3v) is 2.99. The van der Waals surface area contributed by atoms with Gasteiger partial charge >= 0.3 is 0 Å². The monoisotopic (exact) mass is 257 g/mol. The van der Waals surface area contributed by atoms with E-state index in [4.69, 9.17) is 15.2 Å². The molecule has 2 aromatic rings. The molecule has 0 saturated carbocycles. The van der Waals surface area contributed by atoms with Crippen LogP contribution in [-0.4, -0.2) is 13.2 Å². The second kappa shape index (κ2) is 6.14. The largest absolute Gasteiger partial charge is 0.490 e. The third-order valence-electron chi connectivity index (χ3n) is 2.99. The van der Waals surface area contributed by atoms with Crippen LogP contribution in [0.25, 0.3) is 0 Å². The second-order valence-electron chi connectivity index (χ2n) is 4.44. The van der Waals surface area contributed by atoms with E-state index in [1.165, 1.54) is 0 Å². The van der Waals surface area contributed by atoms with Crippen LogP contribution in [0, 0.1) is 13.8 Å². The molecule has 0 amide bonds. The minimum Gasteiger partial charge on any atom is -0.490 e. The molecule has 0 saturated heterocycles. The SMILES string of the molecule is Cc1ccc(N)c(C)c1OCCOc1ccccc1. The van der Waals surface area contributed by atoms with E-state index in [-0.39, 0.29) is 0 Å². The predicted octanol–water partition coefficient (Wildman–Crippen LogP) is 3.34. The number of hydrogen-bond donors (Lipinski definition) is 1. The van der Waals surface area contributed by atoms with Crippen LogP contribution < -0.4 is 15.2 Å². The van der Waals surface area contributed by atoms with E-state index in [1.807, 2.05) is 56.3 Å². The van der Waals surface area contributed by atoms with Crippen LogP contribution in [0.2, 0.25) is 0 Å². The van der Waals surface area contributed by atoms with Crippen molar-refractivity contribution in [2.24, 2.45) is 0 Å². The lowest BCUT2D eigenvalue weighted by Gasteiger charge is -2.14. The molecule has 0 aliphatic rings. The molecule has 2 N–H and O–H groups in total. The highest BCUT2D eigenvalue weighted by atomic mass is 16.5. The van der Waals surface area contributed by atoms with Crippen molar-refractivity contribution in [3.8, 4) is 11.5 Å². The van der Waals surface area contributed by atoms with Crippen LogP contribution >= 0.6 is 0 Å². The minimum absolute atomic E-state index is 0.500. The highest BCUT2D eigenvalue weighted by molar-refractivity contribution is 5.56. The molecule has 100 valence electrons. The lowest BCUT2D eigenvalue weighted by Crippen LogP contribution is -2.10. The van der Waals surface area contributed by atoms with E-state index in [2.05, 4.69) is 0 Å². The van der Waals surface area contributed by atoms with Crippen molar-refractivity contribution in [1.29, 1.82) is 0 Å². The Morgan fingerprint density at radius 1 is 0.895 bits per heavy atom. The smallest absolute Gasteiger partial charge is 0.127 e. The van der Waals surface area contributed by atoms with Crippen molar-refractivity contribution in [3.05, 3.63) is 53.6 Å². The summed E-state index contributed by atoms with van der Waals surface area (Å²) in [6.45, 7) is 4.99. The first-order valence-corrected chi connectivity index (χ1v) is 6.35. The van der Waals surface area contributed by atoms with Crippen molar-refractivity contribution in [2.75, 3.05) is 18.9 Å². The van der Waals surface area contributed by atoms with Gasteiger partial charge in [-0.3, -0.25) is 0 Å². The molecule has 2 rings (SSSR count). The number of ether oxygens (including phenoxy) is 2. The molecule has 3 nitrogen and oxygen atoms in total. The van der Waals surface area contributed by atoms with E-state index in [0.29, 0.717) is 13.2 Å². The van der Waals surface area contributed by atoms with Crippen molar-refractivity contribution in [3.63, 3.8) is 0 Å². The lowest BCUT2D eigenvalue weighted by atomic mass is 10.1. The van der Waals surface area contributed by atoms with Gasteiger partial charge in [-0.15, -0.1) is 0 Å². The average Bonchev–Trinajstić information content (AvgIpc) is 2.43. The number of nitrogens with two attached hydrogens (primary N) is 1. The van der Waals surface area contributed by atoms with Crippen LogP contribution in [0.4, 0.5) is 5.69 Å². The fourth-order valence-corrected chi connectivity index (χ4v) is 1.88. The van der Waals surface area contributed by atoms with Crippen molar-refractivity contribution >= 4 is 5.69 Å². The Bertz CT molecular complexity index is 538. The number of nitrogen functional groups attached to an aromatic ring is 1. The summed E-state index contributed by atoms with van der Waals surface area (Å²) in [4.78, 5) is 0. The number of aryl methyl sites for hydroxylation is 1. The lowest BCUT2D eigenvalue weighted by molar-refractivity contribution is 0.215. The molecular weight excluding hydrogens is 238 g/mol. The first-order chi connectivity index (χ1) is 9.18. The summed E-state index contributed by atoms with van der Waals surface area (Å²) in [6, 6.07) is 13.6. The fourth-order valence-electron chi connectivity index (χ4n) is 1.88. The third kappa shape index (κ3) is 3.41. The van der Waals surface area contributed by atoms with Gasteiger partial charge in [-0.05, 0) is 37.6 Å². The van der Waals surface area contributed by atoms with Gasteiger partial charge in [0, 0.05) is 11.3 Å². The molecule has 3 heteroatoms. The number of anilines is 1. The Morgan fingerprint density at radius 2 is 1.58 bits per heavy atom. The van der Waals surface area contributed by atoms with Crippen LogP contribution in [-0.2, 0) is 0 Å². The van der Waals surface area contributed by atoms with Gasteiger partial charge in [0.25, 0.3) is 0 Å². The van der Waals surface area contributed by atoms with E-state index < -0.39 is 0 Å². The second-order valence-corrected chi connectivity index (χ2v) is 4.44. The Kier molecular flexibility index (Phi) is 4.29. The highest BCUT2D eigenvalue weighted by Gasteiger charge is 2.06. The zero-order valence-electron chi connectivity index (χ0n) is 11.3. The molecule has 0 heterocycles. The molecule has 0 spiro atoms. The van der Waals surface area contributed by atoms with Crippen molar-refractivity contribution in [2.45, 2.75) is 13.8 Å². The summed E-state index contributed by atoms with van der Waals surface area (Å²) in [7, 11) is 0. The topological polar surface area (TPSA) is 44.5 Å². The molecule has 0 aliphatic carbocycles. The molecular formula is C16H19NO2. The van der Waals surface area contributed by atoms with E-state index in [1.54, 1.807) is 0 Å². The van der Waals surface area contributed by atoms with Gasteiger partial charge in [-0.25, -0.2) is 0 Å². The first kappa shape index (κ1) is 13.3. The summed E-state index contributed by atoms with van der Waals surface area (Å²) in [5.74, 6) is 1.71. The number of benzene rings is 2. The molecule has 0 fully saturated rings. The normalized spacial score (nSPS) is 10.2. The predicted molar refractivity (Wildman–Crippen MR) is 77.8 cm³/mol. The van der Waals surface area contributed by atoms with Crippen LogP contribution in [0.15, 0.2) is 42.5 Å². The van der Waals surface area contributed by atoms with Gasteiger partial charge in [0.2, 0.25) is 0 Å². The number of hydrogen-bond acceptors (Lipinski definition) is 3. The Balaban J connectivity index is 1.88. The standard InChI is InChI=1S/C16H19NO2/c1-12-8-9-15(17)13(2)16(12)19-11-10-18-14-6-4-3-5-7-14/h3-9H,10-11,17H2,1-2H3. The van der Waals surface area contributed by atoms with Gasteiger partial charge in [0.05, 0.1) is 0 Å². The van der Waals surface area contributed by atoms with E-state index >= 15 is 0 Å². The molecule has 0 aliphatic heterocycles. The highest BCUT2D eigenvalue weighted by Crippen LogP contribution is 2.27. The van der Waals surface area contributed by atoms with Crippen LogP contribution in [0.5, 0.6) is 11.5 Å². The van der Waals surface area contributed by atoms with Gasteiger partial charge < -0.3 is 15.2 Å². The molecule has 0 radical (unpaired) electrons. The van der Waals surface area contributed by atoms with Crippen molar-refractivity contribution in [1.82, 2.24) is 0 Å². The zero-order valence-corrected chi connectivity index (χ0v) is 11.3. The van der Waals surface area contributed by atoms with Crippen molar-refractivity contribution < 1.29 is 9.47 Å². The maximum Gasteiger partial charge on any atom is 0.127 e.